The van der Waals surface area contributed by atoms with E-state index in [0.717, 1.165) is 0 Å². The Morgan fingerprint density at radius 2 is 2.14 bits per heavy atom. The van der Waals surface area contributed by atoms with Crippen LogP contribution in [0.1, 0.15) is 32.6 Å². The summed E-state index contributed by atoms with van der Waals surface area (Å²) in [6.07, 6.45) is 2.06. The number of amides is 1. The Balaban J connectivity index is 2.20. The molecule has 1 unspecified atom stereocenters. The number of carbonyl (C=O) groups is 1. The number of thioether (sulfide) groups is 1. The number of hydrogen-bond donors (Lipinski definition) is 0. The molecule has 1 atom stereocenters. The first kappa shape index (κ1) is 22.5. The fraction of sp³-hybridized carbons (Fsp3) is 0.500. The van der Waals surface area contributed by atoms with Gasteiger partial charge in [0.15, 0.2) is 5.15 Å². The topological polar surface area (TPSA) is 51.0 Å². The maximum Gasteiger partial charge on any atom is 0.389 e. The summed E-state index contributed by atoms with van der Waals surface area (Å²) >= 11 is 7.80. The highest BCUT2D eigenvalue weighted by Gasteiger charge is 2.27. The minimum Gasteiger partial charge on any atom is -0.308 e. The Morgan fingerprint density at radius 1 is 1.39 bits per heavy atom. The van der Waals surface area contributed by atoms with Crippen molar-refractivity contribution in [3.63, 3.8) is 0 Å². The summed E-state index contributed by atoms with van der Waals surface area (Å²) in [5.74, 6) is -0.193. The third kappa shape index (κ3) is 6.70. The predicted molar refractivity (Wildman–Crippen MR) is 106 cm³/mol. The lowest BCUT2D eigenvalue weighted by atomic mass is 10.2. The molecular weight excluding hydrogens is 413 g/mol. The zero-order chi connectivity index (χ0) is 20.7. The molecule has 10 heteroatoms. The molecule has 5 nitrogen and oxygen atoms in total. The molecule has 2 rings (SSSR count). The first-order valence-corrected chi connectivity index (χ1v) is 10.4. The fourth-order valence-corrected chi connectivity index (χ4v) is 3.10. The van der Waals surface area contributed by atoms with Gasteiger partial charge in [-0.2, -0.15) is 30.0 Å². The first-order chi connectivity index (χ1) is 13.2. The Labute approximate surface area is 171 Å². The van der Waals surface area contributed by atoms with Gasteiger partial charge >= 0.3 is 6.18 Å². The number of carbonyl (C=O) groups excluding carboxylic acids is 1. The van der Waals surface area contributed by atoms with E-state index in [-0.39, 0.29) is 42.1 Å². The lowest BCUT2D eigenvalue weighted by Gasteiger charge is -2.23. The van der Waals surface area contributed by atoms with Gasteiger partial charge in [-0.05, 0) is 31.2 Å². The van der Waals surface area contributed by atoms with Crippen molar-refractivity contribution in [2.45, 2.75) is 44.0 Å². The van der Waals surface area contributed by atoms with Gasteiger partial charge in [0.25, 0.3) is 0 Å². The van der Waals surface area contributed by atoms with Crippen LogP contribution in [0.25, 0.3) is 5.69 Å². The second-order valence-corrected chi connectivity index (χ2v) is 7.96. The maximum absolute atomic E-state index is 12.8. The van der Waals surface area contributed by atoms with Gasteiger partial charge in [0.1, 0.15) is 5.69 Å². The molecule has 0 aromatic carbocycles. The molecule has 154 valence electrons. The van der Waals surface area contributed by atoms with Gasteiger partial charge in [-0.1, -0.05) is 18.5 Å². The van der Waals surface area contributed by atoms with Crippen molar-refractivity contribution in [2.24, 2.45) is 0 Å². The Morgan fingerprint density at radius 3 is 2.75 bits per heavy atom. The second kappa shape index (κ2) is 10.2. The van der Waals surface area contributed by atoms with Crippen LogP contribution in [-0.4, -0.2) is 44.9 Å². The van der Waals surface area contributed by atoms with Crippen LogP contribution < -0.4 is 4.90 Å². The number of halogens is 4. The van der Waals surface area contributed by atoms with E-state index in [0.29, 0.717) is 11.4 Å². The third-order valence-electron chi connectivity index (χ3n) is 4.11. The van der Waals surface area contributed by atoms with Crippen molar-refractivity contribution in [1.29, 1.82) is 0 Å². The van der Waals surface area contributed by atoms with Gasteiger partial charge in [-0.3, -0.25) is 9.78 Å². The van der Waals surface area contributed by atoms with Crippen LogP contribution >= 0.6 is 23.4 Å². The lowest BCUT2D eigenvalue weighted by molar-refractivity contribution is -0.135. The largest absolute Gasteiger partial charge is 0.389 e. The van der Waals surface area contributed by atoms with Gasteiger partial charge in [-0.25, -0.2) is 4.68 Å². The summed E-state index contributed by atoms with van der Waals surface area (Å²) in [6, 6.07) is 3.52. The Kier molecular flexibility index (Phi) is 8.18. The van der Waals surface area contributed by atoms with Crippen molar-refractivity contribution in [3.05, 3.63) is 35.9 Å². The predicted octanol–water partition coefficient (Wildman–Crippen LogP) is 5.13. The van der Waals surface area contributed by atoms with E-state index in [1.165, 1.54) is 9.58 Å². The summed E-state index contributed by atoms with van der Waals surface area (Å²) < 4.78 is 38.7. The molecule has 2 heterocycles. The van der Waals surface area contributed by atoms with Crippen LogP contribution in [0.2, 0.25) is 5.15 Å². The number of aromatic nitrogens is 3. The Hall–Kier alpha value is -1.74. The Bertz CT molecular complexity index is 770. The molecule has 0 N–H and O–H groups in total. The molecule has 2 aromatic heterocycles. The average Bonchev–Trinajstić information content (AvgIpc) is 3.02. The molecule has 0 spiro atoms. The molecule has 0 bridgehead atoms. The zero-order valence-corrected chi connectivity index (χ0v) is 17.2. The van der Waals surface area contributed by atoms with Gasteiger partial charge < -0.3 is 4.90 Å². The molecule has 2 aromatic rings. The van der Waals surface area contributed by atoms with Crippen LogP contribution in [0.5, 0.6) is 0 Å². The van der Waals surface area contributed by atoms with E-state index in [1.807, 2.05) is 13.2 Å². The van der Waals surface area contributed by atoms with Gasteiger partial charge in [-0.15, -0.1) is 0 Å². The minimum atomic E-state index is -4.20. The summed E-state index contributed by atoms with van der Waals surface area (Å²) in [6.45, 7) is 2.07. The molecule has 0 saturated carbocycles. The molecule has 1 amide bonds. The van der Waals surface area contributed by atoms with Crippen molar-refractivity contribution in [3.8, 4) is 5.69 Å². The summed E-state index contributed by atoms with van der Waals surface area (Å²) in [5.41, 5.74) is 1.05. The highest BCUT2D eigenvalue weighted by atomic mass is 35.5. The molecule has 0 saturated heterocycles. The summed E-state index contributed by atoms with van der Waals surface area (Å²) in [7, 11) is 0. The quantitative estimate of drug-likeness (QED) is 0.513. The SMILES string of the molecule is CSC(C)CC(=O)N(CCCCC(F)(F)F)c1cn(-c2cccnc2)nc1Cl. The van der Waals surface area contributed by atoms with E-state index in [4.69, 9.17) is 11.6 Å². The number of anilines is 1. The maximum atomic E-state index is 12.8. The number of rotatable bonds is 9. The van der Waals surface area contributed by atoms with E-state index < -0.39 is 12.6 Å². The fourth-order valence-electron chi connectivity index (χ4n) is 2.56. The van der Waals surface area contributed by atoms with Crippen LogP contribution in [0.3, 0.4) is 0 Å². The highest BCUT2D eigenvalue weighted by molar-refractivity contribution is 7.99. The zero-order valence-electron chi connectivity index (χ0n) is 15.6. The van der Waals surface area contributed by atoms with Crippen molar-refractivity contribution < 1.29 is 18.0 Å². The lowest BCUT2D eigenvalue weighted by Crippen LogP contribution is -2.33. The summed E-state index contributed by atoms with van der Waals surface area (Å²) in [5, 5.41) is 4.41. The van der Waals surface area contributed by atoms with Crippen LogP contribution in [0.15, 0.2) is 30.7 Å². The van der Waals surface area contributed by atoms with Crippen LogP contribution in [0.4, 0.5) is 18.9 Å². The molecular formula is C18H22ClF3N4OS. The molecule has 28 heavy (non-hydrogen) atoms. The summed E-state index contributed by atoms with van der Waals surface area (Å²) in [4.78, 5) is 18.2. The minimum absolute atomic E-state index is 0.0558. The van der Waals surface area contributed by atoms with Crippen molar-refractivity contribution in [2.75, 3.05) is 17.7 Å². The monoisotopic (exact) mass is 434 g/mol. The second-order valence-electron chi connectivity index (χ2n) is 6.33. The number of unbranched alkanes of at least 4 members (excludes halogenated alkanes) is 1. The molecule has 0 aliphatic heterocycles. The van der Waals surface area contributed by atoms with Crippen molar-refractivity contribution in [1.82, 2.24) is 14.8 Å². The van der Waals surface area contributed by atoms with E-state index in [2.05, 4.69) is 10.1 Å². The molecule has 0 aliphatic rings. The van der Waals surface area contributed by atoms with Gasteiger partial charge in [0.05, 0.1) is 18.1 Å². The number of pyridine rings is 1. The van der Waals surface area contributed by atoms with Crippen LogP contribution in [0, 0.1) is 0 Å². The molecule has 0 radical (unpaired) electrons. The van der Waals surface area contributed by atoms with Crippen LogP contribution in [-0.2, 0) is 4.79 Å². The number of nitrogens with zero attached hydrogens (tertiary/aromatic N) is 4. The van der Waals surface area contributed by atoms with Gasteiger partial charge in [0.2, 0.25) is 5.91 Å². The third-order valence-corrected chi connectivity index (χ3v) is 5.35. The molecule has 0 fully saturated rings. The normalized spacial score (nSPS) is 12.8. The first-order valence-electron chi connectivity index (χ1n) is 8.76. The van der Waals surface area contributed by atoms with Gasteiger partial charge in [0, 0.05) is 30.8 Å². The van der Waals surface area contributed by atoms with E-state index >= 15 is 0 Å². The van der Waals surface area contributed by atoms with E-state index in [9.17, 15) is 18.0 Å². The van der Waals surface area contributed by atoms with E-state index in [1.54, 1.807) is 42.5 Å². The standard InChI is InChI=1S/C18H22ClF3N4OS/c1-13(28-2)10-16(27)25(9-4-3-7-18(20,21)22)15-12-26(24-17(15)19)14-6-5-8-23-11-14/h5-6,8,11-13H,3-4,7,9-10H2,1-2H3. The molecule has 0 aliphatic carbocycles. The van der Waals surface area contributed by atoms with Crippen molar-refractivity contribution >= 4 is 35.0 Å². The number of alkyl halides is 3. The number of hydrogen-bond acceptors (Lipinski definition) is 4. The smallest absolute Gasteiger partial charge is 0.308 e. The average molecular weight is 435 g/mol. The highest BCUT2D eigenvalue weighted by Crippen LogP contribution is 2.29.